The molecule has 7 heteroatoms. The quantitative estimate of drug-likeness (QED) is 0.677. The Labute approximate surface area is 154 Å². The van der Waals surface area contributed by atoms with Crippen LogP contribution < -0.4 is 4.74 Å². The molecule has 0 spiro atoms. The summed E-state index contributed by atoms with van der Waals surface area (Å²) in [6, 6.07) is 10.7. The maximum atomic E-state index is 12.9. The molecule has 2 aromatic carbocycles. The minimum Gasteiger partial charge on any atom is -0.497 e. The number of hydrogen-bond donors (Lipinski definition) is 0. The van der Waals surface area contributed by atoms with Gasteiger partial charge in [0, 0.05) is 19.7 Å². The van der Waals surface area contributed by atoms with Crippen LogP contribution in [0.4, 0.5) is 13.2 Å². The van der Waals surface area contributed by atoms with Crippen molar-refractivity contribution in [2.24, 2.45) is 0 Å². The number of carbonyl (C=O) groups is 1. The van der Waals surface area contributed by atoms with Crippen molar-refractivity contribution in [3.05, 3.63) is 70.3 Å². The Hall–Kier alpha value is -2.47. The number of halogens is 4. The topological polar surface area (TPSA) is 29.5 Å². The normalized spacial score (nSPS) is 11.6. The molecular weight excluding hydrogens is 367 g/mol. The Bertz CT molecular complexity index is 801. The minimum absolute atomic E-state index is 0.243. The summed E-state index contributed by atoms with van der Waals surface area (Å²) >= 11 is 5.58. The van der Waals surface area contributed by atoms with Crippen molar-refractivity contribution in [2.75, 3.05) is 14.2 Å². The van der Waals surface area contributed by atoms with Crippen LogP contribution >= 0.6 is 11.6 Å². The summed E-state index contributed by atoms with van der Waals surface area (Å²) in [4.78, 5) is 13.6. The first kappa shape index (κ1) is 19.8. The van der Waals surface area contributed by atoms with Crippen LogP contribution in [0.1, 0.15) is 16.7 Å². The molecule has 138 valence electrons. The van der Waals surface area contributed by atoms with Gasteiger partial charge in [0.05, 0.1) is 17.7 Å². The first-order chi connectivity index (χ1) is 12.2. The lowest BCUT2D eigenvalue weighted by Crippen LogP contribution is -2.24. The van der Waals surface area contributed by atoms with E-state index in [9.17, 15) is 18.0 Å². The van der Waals surface area contributed by atoms with Crippen LogP contribution in [-0.2, 0) is 17.5 Å². The van der Waals surface area contributed by atoms with E-state index in [4.69, 9.17) is 16.3 Å². The Kier molecular flexibility index (Phi) is 6.32. The van der Waals surface area contributed by atoms with Crippen LogP contribution in [0, 0.1) is 0 Å². The molecule has 0 aliphatic rings. The van der Waals surface area contributed by atoms with Crippen molar-refractivity contribution < 1.29 is 22.7 Å². The standard InChI is InChI=1S/C19H17ClF3NO2/c1-24(12-14-3-7-15(26-2)8-4-14)18(25)10-6-13-5-9-17(20)16(11-13)19(21,22)23/h3-11H,12H2,1-2H3/b10-6+. The molecule has 0 aliphatic heterocycles. The highest BCUT2D eigenvalue weighted by molar-refractivity contribution is 6.31. The van der Waals surface area contributed by atoms with E-state index >= 15 is 0 Å². The third-order valence-corrected chi connectivity index (χ3v) is 4.00. The Balaban J connectivity index is 2.06. The van der Waals surface area contributed by atoms with Crippen molar-refractivity contribution in [3.8, 4) is 5.75 Å². The lowest BCUT2D eigenvalue weighted by atomic mass is 10.1. The first-order valence-corrected chi connectivity index (χ1v) is 8.01. The molecule has 0 radical (unpaired) electrons. The van der Waals surface area contributed by atoms with Crippen molar-refractivity contribution >= 4 is 23.6 Å². The summed E-state index contributed by atoms with van der Waals surface area (Å²) in [6.45, 7) is 0.363. The number of amides is 1. The number of ether oxygens (including phenoxy) is 1. The fraction of sp³-hybridized carbons (Fsp3) is 0.211. The van der Waals surface area contributed by atoms with Gasteiger partial charge in [-0.2, -0.15) is 13.2 Å². The van der Waals surface area contributed by atoms with Gasteiger partial charge in [0.15, 0.2) is 0 Å². The van der Waals surface area contributed by atoms with Crippen LogP contribution in [0.15, 0.2) is 48.5 Å². The Morgan fingerprint density at radius 2 is 1.85 bits per heavy atom. The third kappa shape index (κ3) is 5.26. The molecule has 0 saturated heterocycles. The van der Waals surface area contributed by atoms with Crippen LogP contribution in [0.25, 0.3) is 6.08 Å². The molecule has 2 rings (SSSR count). The second-order valence-corrected chi connectivity index (χ2v) is 6.02. The smallest absolute Gasteiger partial charge is 0.417 e. The van der Waals surface area contributed by atoms with Gasteiger partial charge >= 0.3 is 6.18 Å². The van der Waals surface area contributed by atoms with E-state index in [1.165, 1.54) is 23.1 Å². The zero-order valence-electron chi connectivity index (χ0n) is 14.2. The summed E-state index contributed by atoms with van der Waals surface area (Å²) in [7, 11) is 3.18. The minimum atomic E-state index is -4.55. The highest BCUT2D eigenvalue weighted by Gasteiger charge is 2.33. The molecule has 26 heavy (non-hydrogen) atoms. The molecule has 0 saturated carbocycles. The first-order valence-electron chi connectivity index (χ1n) is 7.63. The van der Waals surface area contributed by atoms with Gasteiger partial charge in [0.25, 0.3) is 0 Å². The number of hydrogen-bond acceptors (Lipinski definition) is 2. The lowest BCUT2D eigenvalue weighted by molar-refractivity contribution is -0.137. The zero-order chi connectivity index (χ0) is 19.3. The van der Waals surface area contributed by atoms with E-state index in [0.29, 0.717) is 12.3 Å². The molecule has 0 atom stereocenters. The van der Waals surface area contributed by atoms with Crippen molar-refractivity contribution in [1.82, 2.24) is 4.90 Å². The molecule has 0 bridgehead atoms. The van der Waals surface area contributed by atoms with Gasteiger partial charge in [0.2, 0.25) is 5.91 Å². The molecular formula is C19H17ClF3NO2. The van der Waals surface area contributed by atoms with Gasteiger partial charge in [0.1, 0.15) is 5.75 Å². The van der Waals surface area contributed by atoms with E-state index in [1.807, 2.05) is 12.1 Å². The highest BCUT2D eigenvalue weighted by atomic mass is 35.5. The SMILES string of the molecule is COc1ccc(CN(C)C(=O)/C=C/c2ccc(Cl)c(C(F)(F)F)c2)cc1. The third-order valence-electron chi connectivity index (χ3n) is 3.67. The van der Waals surface area contributed by atoms with Crippen LogP contribution in [-0.4, -0.2) is 25.0 Å². The largest absolute Gasteiger partial charge is 0.497 e. The Morgan fingerprint density at radius 3 is 2.42 bits per heavy atom. The van der Waals surface area contributed by atoms with Gasteiger partial charge in [-0.15, -0.1) is 0 Å². The van der Waals surface area contributed by atoms with E-state index in [1.54, 1.807) is 26.3 Å². The second kappa shape index (κ2) is 8.27. The zero-order valence-corrected chi connectivity index (χ0v) is 14.9. The van der Waals surface area contributed by atoms with Gasteiger partial charge in [-0.25, -0.2) is 0 Å². The molecule has 1 amide bonds. The molecule has 0 fully saturated rings. The number of carbonyl (C=O) groups excluding carboxylic acids is 1. The molecule has 0 N–H and O–H groups in total. The van der Waals surface area contributed by atoms with Crippen LogP contribution in [0.2, 0.25) is 5.02 Å². The summed E-state index contributed by atoms with van der Waals surface area (Å²) in [5, 5.41) is -0.377. The number of benzene rings is 2. The molecule has 0 aromatic heterocycles. The fourth-order valence-electron chi connectivity index (χ4n) is 2.24. The van der Waals surface area contributed by atoms with E-state index in [-0.39, 0.29) is 16.5 Å². The predicted octanol–water partition coefficient (Wildman–Crippen LogP) is 5.04. The maximum Gasteiger partial charge on any atom is 0.417 e. The maximum absolute atomic E-state index is 12.9. The molecule has 3 nitrogen and oxygen atoms in total. The summed E-state index contributed by atoms with van der Waals surface area (Å²) in [5.41, 5.74) is 0.217. The molecule has 0 heterocycles. The van der Waals surface area contributed by atoms with Crippen molar-refractivity contribution in [2.45, 2.75) is 12.7 Å². The monoisotopic (exact) mass is 383 g/mol. The average molecular weight is 384 g/mol. The number of rotatable bonds is 5. The molecule has 2 aromatic rings. The number of likely N-dealkylation sites (N-methyl/N-ethyl adjacent to an activating group) is 1. The second-order valence-electron chi connectivity index (χ2n) is 5.61. The molecule has 0 unspecified atom stereocenters. The number of methoxy groups -OCH3 is 1. The highest BCUT2D eigenvalue weighted by Crippen LogP contribution is 2.35. The van der Waals surface area contributed by atoms with E-state index < -0.39 is 11.7 Å². The van der Waals surface area contributed by atoms with Gasteiger partial charge < -0.3 is 9.64 Å². The molecule has 0 aliphatic carbocycles. The van der Waals surface area contributed by atoms with Gasteiger partial charge in [-0.05, 0) is 41.5 Å². The number of alkyl halides is 3. The fourth-order valence-corrected chi connectivity index (χ4v) is 2.47. The van der Waals surface area contributed by atoms with Gasteiger partial charge in [-0.3, -0.25) is 4.79 Å². The van der Waals surface area contributed by atoms with Crippen LogP contribution in [0.3, 0.4) is 0 Å². The summed E-state index contributed by atoms with van der Waals surface area (Å²) in [6.07, 6.45) is -1.98. The summed E-state index contributed by atoms with van der Waals surface area (Å²) < 4.78 is 43.6. The van der Waals surface area contributed by atoms with E-state index in [2.05, 4.69) is 0 Å². The lowest BCUT2D eigenvalue weighted by Gasteiger charge is -2.15. The predicted molar refractivity (Wildman–Crippen MR) is 95.0 cm³/mol. The van der Waals surface area contributed by atoms with Crippen molar-refractivity contribution in [1.29, 1.82) is 0 Å². The van der Waals surface area contributed by atoms with Crippen molar-refractivity contribution in [3.63, 3.8) is 0 Å². The number of nitrogens with zero attached hydrogens (tertiary/aromatic N) is 1. The Morgan fingerprint density at radius 1 is 1.19 bits per heavy atom. The average Bonchev–Trinajstić information content (AvgIpc) is 2.60. The van der Waals surface area contributed by atoms with Gasteiger partial charge in [-0.1, -0.05) is 29.8 Å². The summed E-state index contributed by atoms with van der Waals surface area (Å²) in [5.74, 6) is 0.384. The van der Waals surface area contributed by atoms with E-state index in [0.717, 1.165) is 17.7 Å². The van der Waals surface area contributed by atoms with Crippen LogP contribution in [0.5, 0.6) is 5.75 Å².